The van der Waals surface area contributed by atoms with E-state index in [2.05, 4.69) is 6.92 Å². The van der Waals surface area contributed by atoms with E-state index < -0.39 is 5.97 Å². The lowest BCUT2D eigenvalue weighted by atomic mass is 9.76. The first-order valence-corrected chi connectivity index (χ1v) is 9.76. The summed E-state index contributed by atoms with van der Waals surface area (Å²) in [5, 5.41) is 0. The molecule has 2 amide bonds. The Morgan fingerprint density at radius 3 is 2.43 bits per heavy atom. The number of nitrogens with zero attached hydrogens (tertiary/aromatic N) is 1. The van der Waals surface area contributed by atoms with Crippen molar-refractivity contribution in [3.63, 3.8) is 0 Å². The van der Waals surface area contributed by atoms with Crippen LogP contribution in [-0.2, 0) is 20.8 Å². The van der Waals surface area contributed by atoms with Crippen molar-refractivity contribution in [1.82, 2.24) is 0 Å². The Bertz CT molecular complexity index is 908. The van der Waals surface area contributed by atoms with E-state index >= 15 is 0 Å². The van der Waals surface area contributed by atoms with Crippen LogP contribution < -0.4 is 9.64 Å². The van der Waals surface area contributed by atoms with Crippen LogP contribution in [0.25, 0.3) is 0 Å². The van der Waals surface area contributed by atoms with Crippen molar-refractivity contribution < 1.29 is 19.1 Å². The Morgan fingerprint density at radius 1 is 0.964 bits per heavy atom. The Kier molecular flexibility index (Phi) is 4.99. The molecule has 0 unspecified atom stereocenters. The molecule has 3 atom stereocenters. The largest absolute Gasteiger partial charge is 0.424 e. The topological polar surface area (TPSA) is 63.7 Å². The number of imide groups is 1. The molecule has 4 rings (SSSR count). The van der Waals surface area contributed by atoms with Gasteiger partial charge >= 0.3 is 5.97 Å². The van der Waals surface area contributed by atoms with Crippen molar-refractivity contribution in [3.8, 4) is 5.75 Å². The molecule has 0 spiro atoms. The Hall–Kier alpha value is -2.95. The number of rotatable bonds is 4. The number of amides is 2. The molecule has 2 fully saturated rings. The summed E-state index contributed by atoms with van der Waals surface area (Å²) in [4.78, 5) is 39.6. The highest BCUT2D eigenvalue weighted by Crippen LogP contribution is 2.44. The van der Waals surface area contributed by atoms with Crippen LogP contribution in [0.4, 0.5) is 5.69 Å². The van der Waals surface area contributed by atoms with Gasteiger partial charge in [0.25, 0.3) is 0 Å². The number of hydrogen-bond donors (Lipinski definition) is 0. The monoisotopic (exact) mass is 377 g/mol. The highest BCUT2D eigenvalue weighted by Gasteiger charge is 2.50. The molecule has 2 aromatic carbocycles. The summed E-state index contributed by atoms with van der Waals surface area (Å²) in [7, 11) is 0. The summed E-state index contributed by atoms with van der Waals surface area (Å²) < 4.78 is 5.55. The molecule has 5 heteroatoms. The van der Waals surface area contributed by atoms with Crippen LogP contribution in [0.2, 0.25) is 0 Å². The van der Waals surface area contributed by atoms with Gasteiger partial charge in [0.15, 0.2) is 5.75 Å². The third-order valence-corrected chi connectivity index (χ3v) is 5.71. The van der Waals surface area contributed by atoms with Crippen LogP contribution in [-0.4, -0.2) is 17.8 Å². The molecule has 0 bridgehead atoms. The maximum absolute atomic E-state index is 13.0. The van der Waals surface area contributed by atoms with Crippen molar-refractivity contribution in [1.29, 1.82) is 0 Å². The molecule has 0 N–H and O–H groups in total. The van der Waals surface area contributed by atoms with Crippen molar-refractivity contribution in [3.05, 3.63) is 60.2 Å². The van der Waals surface area contributed by atoms with E-state index in [4.69, 9.17) is 4.74 Å². The second kappa shape index (κ2) is 7.58. The minimum absolute atomic E-state index is 0.125. The van der Waals surface area contributed by atoms with E-state index in [1.54, 1.807) is 24.3 Å². The summed E-state index contributed by atoms with van der Waals surface area (Å²) in [6.45, 7) is 2.12. The molecular weight excluding hydrogens is 354 g/mol. The fraction of sp³-hybridized carbons (Fsp3) is 0.348. The Morgan fingerprint density at radius 2 is 1.64 bits per heavy atom. The van der Waals surface area contributed by atoms with Gasteiger partial charge in [-0.3, -0.25) is 14.4 Å². The SMILES string of the molecule is C[C@@H]1CC[C@H]2C(=O)N(c3ccccc3OC(=O)Cc3ccccc3)C(=O)[C@@H]2C1. The number of hydrogen-bond acceptors (Lipinski definition) is 4. The quantitative estimate of drug-likeness (QED) is 0.462. The molecule has 1 saturated heterocycles. The zero-order chi connectivity index (χ0) is 19.7. The van der Waals surface area contributed by atoms with Gasteiger partial charge in [0.2, 0.25) is 11.8 Å². The third-order valence-electron chi connectivity index (χ3n) is 5.71. The van der Waals surface area contributed by atoms with E-state index in [0.29, 0.717) is 11.6 Å². The van der Waals surface area contributed by atoms with Gasteiger partial charge in [-0.2, -0.15) is 0 Å². The van der Waals surface area contributed by atoms with E-state index in [1.807, 2.05) is 30.3 Å². The third kappa shape index (κ3) is 3.44. The average molecular weight is 377 g/mol. The molecule has 1 saturated carbocycles. The fourth-order valence-corrected chi connectivity index (χ4v) is 4.28. The number of carbonyl (C=O) groups excluding carboxylic acids is 3. The number of ether oxygens (including phenoxy) is 1. The molecule has 0 radical (unpaired) electrons. The van der Waals surface area contributed by atoms with E-state index in [0.717, 1.165) is 24.8 Å². The number of carbonyl (C=O) groups is 3. The molecule has 144 valence electrons. The lowest BCUT2D eigenvalue weighted by Crippen LogP contribution is -2.31. The van der Waals surface area contributed by atoms with Crippen LogP contribution in [0.5, 0.6) is 5.75 Å². The molecule has 2 aliphatic rings. The minimum atomic E-state index is -0.427. The fourth-order valence-electron chi connectivity index (χ4n) is 4.28. The lowest BCUT2D eigenvalue weighted by Gasteiger charge is -2.25. The standard InChI is InChI=1S/C23H23NO4/c1-15-11-12-17-18(13-15)23(27)24(22(17)26)19-9-5-6-10-20(19)28-21(25)14-16-7-3-2-4-8-16/h2-10,15,17-18H,11-14H2,1H3/t15-,17-,18-/m1/s1. The highest BCUT2D eigenvalue weighted by atomic mass is 16.5. The second-order valence-electron chi connectivity index (χ2n) is 7.75. The van der Waals surface area contributed by atoms with Crippen molar-refractivity contribution in [2.75, 3.05) is 4.90 Å². The molecule has 1 aliphatic carbocycles. The van der Waals surface area contributed by atoms with Crippen LogP contribution >= 0.6 is 0 Å². The average Bonchev–Trinajstić information content (AvgIpc) is 2.93. The van der Waals surface area contributed by atoms with Gasteiger partial charge in [-0.05, 0) is 42.9 Å². The van der Waals surface area contributed by atoms with Crippen molar-refractivity contribution in [2.24, 2.45) is 17.8 Å². The smallest absolute Gasteiger partial charge is 0.315 e. The minimum Gasteiger partial charge on any atom is -0.424 e. The lowest BCUT2D eigenvalue weighted by molar-refractivity contribution is -0.133. The highest BCUT2D eigenvalue weighted by molar-refractivity contribution is 6.22. The predicted molar refractivity (Wildman–Crippen MR) is 105 cm³/mol. The van der Waals surface area contributed by atoms with Crippen molar-refractivity contribution >= 4 is 23.5 Å². The number of anilines is 1. The van der Waals surface area contributed by atoms with E-state index in [-0.39, 0.29) is 35.8 Å². The number of para-hydroxylation sites is 2. The number of fused-ring (bicyclic) bond motifs is 1. The van der Waals surface area contributed by atoms with E-state index in [9.17, 15) is 14.4 Å². The Labute approximate surface area is 164 Å². The van der Waals surface area contributed by atoms with Gasteiger partial charge in [-0.25, -0.2) is 4.90 Å². The first-order chi connectivity index (χ1) is 13.5. The first kappa shape index (κ1) is 18.4. The van der Waals surface area contributed by atoms with E-state index in [1.165, 1.54) is 4.90 Å². The van der Waals surface area contributed by atoms with Crippen LogP contribution in [0.15, 0.2) is 54.6 Å². The van der Waals surface area contributed by atoms with Gasteiger partial charge < -0.3 is 4.74 Å². The summed E-state index contributed by atoms with van der Waals surface area (Å²) in [5.74, 6) is -0.597. The Balaban J connectivity index is 1.57. The predicted octanol–water partition coefficient (Wildman–Crippen LogP) is 3.76. The zero-order valence-corrected chi connectivity index (χ0v) is 15.8. The summed E-state index contributed by atoms with van der Waals surface area (Å²) >= 11 is 0. The maximum atomic E-state index is 13.0. The van der Waals surface area contributed by atoms with Crippen molar-refractivity contribution in [2.45, 2.75) is 32.6 Å². The van der Waals surface area contributed by atoms with Crippen LogP contribution in [0, 0.1) is 17.8 Å². The maximum Gasteiger partial charge on any atom is 0.315 e. The normalized spacial score (nSPS) is 24.2. The molecule has 0 aromatic heterocycles. The zero-order valence-electron chi connectivity index (χ0n) is 15.8. The van der Waals surface area contributed by atoms with Gasteiger partial charge in [-0.1, -0.05) is 49.4 Å². The molecule has 1 aliphatic heterocycles. The molecule has 5 nitrogen and oxygen atoms in total. The van der Waals surface area contributed by atoms with Gasteiger partial charge in [0, 0.05) is 0 Å². The summed E-state index contributed by atoms with van der Waals surface area (Å²) in [5.41, 5.74) is 1.21. The van der Waals surface area contributed by atoms with Crippen LogP contribution in [0.1, 0.15) is 31.7 Å². The van der Waals surface area contributed by atoms with Gasteiger partial charge in [0.05, 0.1) is 23.9 Å². The molecule has 28 heavy (non-hydrogen) atoms. The van der Waals surface area contributed by atoms with Gasteiger partial charge in [-0.15, -0.1) is 0 Å². The molecule has 1 heterocycles. The van der Waals surface area contributed by atoms with Gasteiger partial charge in [0.1, 0.15) is 0 Å². The summed E-state index contributed by atoms with van der Waals surface area (Å²) in [6.07, 6.45) is 2.56. The number of esters is 1. The summed E-state index contributed by atoms with van der Waals surface area (Å²) in [6, 6.07) is 16.1. The van der Waals surface area contributed by atoms with Crippen LogP contribution in [0.3, 0.4) is 0 Å². The first-order valence-electron chi connectivity index (χ1n) is 9.76. The number of benzene rings is 2. The molecule has 2 aromatic rings. The molecular formula is C23H23NO4. The second-order valence-corrected chi connectivity index (χ2v) is 7.75.